The molecule has 1 aliphatic rings. The summed E-state index contributed by atoms with van der Waals surface area (Å²) in [4.78, 5) is 12.2. The molecule has 2 rings (SSSR count). The van der Waals surface area contributed by atoms with E-state index in [4.69, 9.17) is 9.15 Å². The van der Waals surface area contributed by atoms with Crippen LogP contribution in [-0.2, 0) is 15.1 Å². The molecule has 1 aliphatic carbocycles. The number of methoxy groups -OCH3 is 1. The van der Waals surface area contributed by atoms with Crippen molar-refractivity contribution in [2.45, 2.75) is 50.6 Å². The van der Waals surface area contributed by atoms with Gasteiger partial charge in [-0.25, -0.2) is 4.79 Å². The molecular weight excluding hydrogens is 310 g/mol. The Morgan fingerprint density at radius 3 is 2.63 bits per heavy atom. The van der Waals surface area contributed by atoms with Gasteiger partial charge in [0.1, 0.15) is 5.76 Å². The summed E-state index contributed by atoms with van der Waals surface area (Å²) in [5.74, 6) is 0.261. The summed E-state index contributed by atoms with van der Waals surface area (Å²) in [6, 6.07) is 3.93. The van der Waals surface area contributed by atoms with Crippen LogP contribution in [0.25, 0.3) is 0 Å². The molecule has 1 saturated carbocycles. The van der Waals surface area contributed by atoms with Crippen LogP contribution in [0.15, 0.2) is 21.2 Å². The van der Waals surface area contributed by atoms with Gasteiger partial charge in [0, 0.05) is 6.04 Å². The third-order valence-corrected chi connectivity index (χ3v) is 4.18. The predicted octanol–water partition coefficient (Wildman–Crippen LogP) is 3.35. The zero-order valence-electron chi connectivity index (χ0n) is 11.4. The van der Waals surface area contributed by atoms with Crippen LogP contribution in [0.5, 0.6) is 0 Å². The van der Waals surface area contributed by atoms with E-state index >= 15 is 0 Å². The second kappa shape index (κ2) is 6.09. The van der Waals surface area contributed by atoms with E-state index in [-0.39, 0.29) is 5.97 Å². The summed E-state index contributed by atoms with van der Waals surface area (Å²) in [6.45, 7) is 1.82. The standard InChI is InChI=1S/C14H20BrNO3/c1-14(13(17)18-2,11-8-9-12(15)19-11)16-10-6-4-3-5-7-10/h8-10,16H,3-7H2,1-2H3. The van der Waals surface area contributed by atoms with Gasteiger partial charge in [-0.2, -0.15) is 0 Å². The number of nitrogens with one attached hydrogen (secondary N) is 1. The molecule has 1 atom stereocenters. The van der Waals surface area contributed by atoms with Crippen LogP contribution in [-0.4, -0.2) is 19.1 Å². The van der Waals surface area contributed by atoms with E-state index in [9.17, 15) is 4.79 Å². The highest BCUT2D eigenvalue weighted by Gasteiger charge is 2.41. The van der Waals surface area contributed by atoms with E-state index in [1.807, 2.05) is 6.92 Å². The summed E-state index contributed by atoms with van der Waals surface area (Å²) >= 11 is 3.27. The van der Waals surface area contributed by atoms with E-state index < -0.39 is 5.54 Å². The molecular formula is C14H20BrNO3. The van der Waals surface area contributed by atoms with Crippen LogP contribution in [0.2, 0.25) is 0 Å². The van der Waals surface area contributed by atoms with E-state index in [2.05, 4.69) is 21.2 Å². The first-order valence-electron chi connectivity index (χ1n) is 6.68. The Bertz CT molecular complexity index is 440. The maximum Gasteiger partial charge on any atom is 0.333 e. The SMILES string of the molecule is COC(=O)C(C)(NC1CCCCC1)c1ccc(Br)o1. The van der Waals surface area contributed by atoms with Gasteiger partial charge in [-0.15, -0.1) is 0 Å². The minimum Gasteiger partial charge on any atom is -0.467 e. The van der Waals surface area contributed by atoms with Crippen LogP contribution >= 0.6 is 15.9 Å². The van der Waals surface area contributed by atoms with E-state index in [1.54, 1.807) is 12.1 Å². The molecule has 1 aromatic heterocycles. The van der Waals surface area contributed by atoms with Crippen molar-refractivity contribution >= 4 is 21.9 Å². The lowest BCUT2D eigenvalue weighted by Crippen LogP contribution is -2.52. The molecule has 1 aromatic rings. The number of carbonyl (C=O) groups is 1. The van der Waals surface area contributed by atoms with Crippen LogP contribution < -0.4 is 5.32 Å². The molecule has 0 aliphatic heterocycles. The van der Waals surface area contributed by atoms with Gasteiger partial charge in [-0.3, -0.25) is 5.32 Å². The van der Waals surface area contributed by atoms with Gasteiger partial charge in [0.25, 0.3) is 0 Å². The Kier molecular flexibility index (Phi) is 4.68. The number of furan rings is 1. The molecule has 0 spiro atoms. The summed E-state index contributed by atoms with van der Waals surface area (Å²) in [5.41, 5.74) is -0.928. The van der Waals surface area contributed by atoms with E-state index in [0.717, 1.165) is 12.8 Å². The summed E-state index contributed by atoms with van der Waals surface area (Å²) in [7, 11) is 1.40. The highest BCUT2D eigenvalue weighted by Crippen LogP contribution is 2.29. The summed E-state index contributed by atoms with van der Waals surface area (Å²) in [6.07, 6.45) is 5.87. The average molecular weight is 330 g/mol. The fraction of sp³-hybridized carbons (Fsp3) is 0.643. The van der Waals surface area contributed by atoms with Gasteiger partial charge in [-0.05, 0) is 47.8 Å². The third-order valence-electron chi connectivity index (χ3n) is 3.76. The molecule has 1 N–H and O–H groups in total. The second-order valence-electron chi connectivity index (χ2n) is 5.20. The summed E-state index contributed by atoms with van der Waals surface area (Å²) < 4.78 is 11.1. The van der Waals surface area contributed by atoms with Crippen LogP contribution in [0, 0.1) is 0 Å². The minimum atomic E-state index is -0.928. The number of carbonyl (C=O) groups excluding carboxylic acids is 1. The Hall–Kier alpha value is -0.810. The van der Waals surface area contributed by atoms with Gasteiger partial charge in [0.2, 0.25) is 0 Å². The molecule has 5 heteroatoms. The molecule has 106 valence electrons. The van der Waals surface area contributed by atoms with Gasteiger partial charge in [0.05, 0.1) is 7.11 Å². The Morgan fingerprint density at radius 2 is 2.11 bits per heavy atom. The Morgan fingerprint density at radius 1 is 1.42 bits per heavy atom. The number of esters is 1. The van der Waals surface area contributed by atoms with Gasteiger partial charge in [-0.1, -0.05) is 19.3 Å². The fourth-order valence-corrected chi connectivity index (χ4v) is 2.98. The van der Waals surface area contributed by atoms with Crippen molar-refractivity contribution in [3.63, 3.8) is 0 Å². The zero-order chi connectivity index (χ0) is 13.9. The lowest BCUT2D eigenvalue weighted by atomic mass is 9.91. The monoisotopic (exact) mass is 329 g/mol. The molecule has 1 unspecified atom stereocenters. The molecule has 19 heavy (non-hydrogen) atoms. The van der Waals surface area contributed by atoms with Gasteiger partial charge >= 0.3 is 5.97 Å². The molecule has 1 heterocycles. The Balaban J connectivity index is 2.21. The van der Waals surface area contributed by atoms with Crippen molar-refractivity contribution in [3.05, 3.63) is 22.6 Å². The van der Waals surface area contributed by atoms with Gasteiger partial charge in [0.15, 0.2) is 10.2 Å². The van der Waals surface area contributed by atoms with Crippen LogP contribution in [0.3, 0.4) is 0 Å². The lowest BCUT2D eigenvalue weighted by molar-refractivity contribution is -0.149. The fourth-order valence-electron chi connectivity index (χ4n) is 2.67. The molecule has 0 radical (unpaired) electrons. The molecule has 1 fully saturated rings. The molecule has 4 nitrogen and oxygen atoms in total. The normalized spacial score (nSPS) is 19.9. The van der Waals surface area contributed by atoms with Crippen molar-refractivity contribution in [2.75, 3.05) is 7.11 Å². The molecule has 0 aromatic carbocycles. The van der Waals surface area contributed by atoms with Crippen molar-refractivity contribution in [3.8, 4) is 0 Å². The Labute approximate surface area is 122 Å². The number of ether oxygens (including phenoxy) is 1. The number of hydrogen-bond donors (Lipinski definition) is 1. The van der Waals surface area contributed by atoms with E-state index in [0.29, 0.717) is 16.5 Å². The van der Waals surface area contributed by atoms with Crippen molar-refractivity contribution in [2.24, 2.45) is 0 Å². The largest absolute Gasteiger partial charge is 0.467 e. The highest BCUT2D eigenvalue weighted by atomic mass is 79.9. The topological polar surface area (TPSA) is 51.5 Å². The molecule has 0 amide bonds. The third kappa shape index (κ3) is 3.20. The van der Waals surface area contributed by atoms with E-state index in [1.165, 1.54) is 26.4 Å². The first-order valence-corrected chi connectivity index (χ1v) is 7.47. The highest BCUT2D eigenvalue weighted by molar-refractivity contribution is 9.10. The molecule has 0 bridgehead atoms. The smallest absolute Gasteiger partial charge is 0.333 e. The maximum atomic E-state index is 12.2. The number of rotatable bonds is 4. The second-order valence-corrected chi connectivity index (χ2v) is 5.98. The first kappa shape index (κ1) is 14.6. The minimum absolute atomic E-state index is 0.320. The van der Waals surface area contributed by atoms with Gasteiger partial charge < -0.3 is 9.15 Å². The number of halogens is 1. The molecule has 0 saturated heterocycles. The maximum absolute atomic E-state index is 12.2. The summed E-state index contributed by atoms with van der Waals surface area (Å²) in [5, 5.41) is 3.42. The zero-order valence-corrected chi connectivity index (χ0v) is 13.0. The van der Waals surface area contributed by atoms with Crippen molar-refractivity contribution in [1.82, 2.24) is 5.32 Å². The van der Waals surface area contributed by atoms with Crippen molar-refractivity contribution < 1.29 is 13.9 Å². The van der Waals surface area contributed by atoms with Crippen LogP contribution in [0.4, 0.5) is 0 Å². The number of hydrogen-bond acceptors (Lipinski definition) is 4. The quantitative estimate of drug-likeness (QED) is 0.860. The van der Waals surface area contributed by atoms with Crippen molar-refractivity contribution in [1.29, 1.82) is 0 Å². The van der Waals surface area contributed by atoms with Crippen LogP contribution in [0.1, 0.15) is 44.8 Å². The average Bonchev–Trinajstić information content (AvgIpc) is 2.86. The first-order chi connectivity index (χ1) is 9.06. The predicted molar refractivity (Wildman–Crippen MR) is 75.8 cm³/mol. The lowest BCUT2D eigenvalue weighted by Gasteiger charge is -2.33.